The summed E-state index contributed by atoms with van der Waals surface area (Å²) in [5, 5.41) is 17.4. The Morgan fingerprint density at radius 2 is 1.40 bits per heavy atom. The van der Waals surface area contributed by atoms with Gasteiger partial charge in [-0.25, -0.2) is 0 Å². The third-order valence-electron chi connectivity index (χ3n) is 3.83. The van der Waals surface area contributed by atoms with Crippen molar-refractivity contribution in [3.05, 3.63) is 12.2 Å². The van der Waals surface area contributed by atoms with E-state index >= 15 is 0 Å². The van der Waals surface area contributed by atoms with E-state index in [1.807, 2.05) is 0 Å². The Kier molecular flexibility index (Phi) is 11.9. The fourth-order valence-corrected chi connectivity index (χ4v) is 2.16. The van der Waals surface area contributed by atoms with Crippen LogP contribution in [-0.4, -0.2) is 73.1 Å². The van der Waals surface area contributed by atoms with E-state index in [0.29, 0.717) is 32.2 Å². The van der Waals surface area contributed by atoms with Crippen LogP contribution >= 0.6 is 0 Å². The highest BCUT2D eigenvalue weighted by Gasteiger charge is 2.27. The van der Waals surface area contributed by atoms with Gasteiger partial charge in [0.25, 0.3) is 0 Å². The molecule has 0 aromatic rings. The van der Waals surface area contributed by atoms with Crippen LogP contribution in [-0.2, 0) is 19.1 Å². The molecule has 1 rings (SSSR count). The third-order valence-corrected chi connectivity index (χ3v) is 3.83. The van der Waals surface area contributed by atoms with Gasteiger partial charge in [-0.1, -0.05) is 12.2 Å². The van der Waals surface area contributed by atoms with Crippen LogP contribution in [0.1, 0.15) is 38.5 Å². The van der Waals surface area contributed by atoms with Crippen LogP contribution < -0.4 is 0 Å². The molecule has 1 aliphatic rings. The van der Waals surface area contributed by atoms with Crippen molar-refractivity contribution in [2.75, 3.05) is 46.1 Å². The topological polar surface area (TPSA) is 96.1 Å². The Morgan fingerprint density at radius 3 is 1.84 bits per heavy atom. The Balaban J connectivity index is 2.38. The monoisotopic (exact) mass is 357 g/mol. The number of rotatable bonds is 15. The molecule has 7 nitrogen and oxygen atoms in total. The zero-order valence-corrected chi connectivity index (χ0v) is 14.9. The van der Waals surface area contributed by atoms with Crippen molar-refractivity contribution < 1.29 is 29.3 Å². The largest absolute Gasteiger partial charge is 0.465 e. The molecule has 2 N–H and O–H groups in total. The van der Waals surface area contributed by atoms with Gasteiger partial charge in [-0.2, -0.15) is 0 Å². The van der Waals surface area contributed by atoms with Gasteiger partial charge in [0.1, 0.15) is 0 Å². The van der Waals surface area contributed by atoms with E-state index in [4.69, 9.17) is 19.7 Å². The van der Waals surface area contributed by atoms with Crippen LogP contribution in [0.15, 0.2) is 12.2 Å². The number of hydrogen-bond donors (Lipinski definition) is 2. The molecule has 25 heavy (non-hydrogen) atoms. The lowest BCUT2D eigenvalue weighted by Gasteiger charge is -2.12. The van der Waals surface area contributed by atoms with E-state index in [1.54, 1.807) is 12.2 Å². The molecule has 0 saturated carbocycles. The zero-order chi connectivity index (χ0) is 18.3. The van der Waals surface area contributed by atoms with Crippen LogP contribution in [0.25, 0.3) is 0 Å². The molecule has 1 heterocycles. The first-order valence-corrected chi connectivity index (χ1v) is 9.13. The first-order valence-electron chi connectivity index (χ1n) is 9.13. The predicted molar refractivity (Wildman–Crippen MR) is 92.9 cm³/mol. The molecule has 0 unspecified atom stereocenters. The molecule has 1 saturated heterocycles. The Morgan fingerprint density at radius 1 is 0.880 bits per heavy atom. The number of unbranched alkanes of at least 4 members (excludes halogenated alkanes) is 4. The molecule has 0 bridgehead atoms. The average Bonchev–Trinajstić information content (AvgIpc) is 3.42. The van der Waals surface area contributed by atoms with Crippen molar-refractivity contribution in [2.24, 2.45) is 5.92 Å². The van der Waals surface area contributed by atoms with Gasteiger partial charge in [0.15, 0.2) is 5.92 Å². The van der Waals surface area contributed by atoms with Crippen LogP contribution in [0.3, 0.4) is 0 Å². The summed E-state index contributed by atoms with van der Waals surface area (Å²) >= 11 is 0. The van der Waals surface area contributed by atoms with Gasteiger partial charge in [0.2, 0.25) is 0 Å². The number of nitrogens with zero attached hydrogens (tertiary/aromatic N) is 1. The van der Waals surface area contributed by atoms with Crippen molar-refractivity contribution >= 4 is 11.9 Å². The van der Waals surface area contributed by atoms with E-state index < -0.39 is 17.9 Å². The van der Waals surface area contributed by atoms with Crippen LogP contribution in [0.2, 0.25) is 0 Å². The number of esters is 2. The first kappa shape index (κ1) is 21.6. The van der Waals surface area contributed by atoms with Crippen LogP contribution in [0, 0.1) is 5.92 Å². The number of carbonyl (C=O) groups is 2. The number of aliphatic hydroxyl groups excluding tert-OH is 2. The smallest absolute Gasteiger partial charge is 0.324 e. The van der Waals surface area contributed by atoms with Crippen LogP contribution in [0.4, 0.5) is 0 Å². The summed E-state index contributed by atoms with van der Waals surface area (Å²) in [6.45, 7) is 3.51. The normalized spacial score (nSPS) is 14.2. The maximum absolute atomic E-state index is 12.2. The molecule has 0 aromatic heterocycles. The maximum atomic E-state index is 12.2. The average molecular weight is 357 g/mol. The highest BCUT2D eigenvalue weighted by Crippen LogP contribution is 2.10. The second kappa shape index (κ2) is 13.8. The summed E-state index contributed by atoms with van der Waals surface area (Å²) in [4.78, 5) is 26.5. The number of ether oxygens (including phenoxy) is 2. The van der Waals surface area contributed by atoms with Crippen LogP contribution in [0.5, 0.6) is 0 Å². The van der Waals surface area contributed by atoms with Gasteiger partial charge in [0, 0.05) is 32.8 Å². The van der Waals surface area contributed by atoms with Crippen molar-refractivity contribution in [3.8, 4) is 0 Å². The summed E-state index contributed by atoms with van der Waals surface area (Å²) in [5.74, 6) is -2.21. The minimum absolute atomic E-state index is 0.123. The lowest BCUT2D eigenvalue weighted by Crippen LogP contribution is -2.27. The van der Waals surface area contributed by atoms with E-state index in [-0.39, 0.29) is 26.4 Å². The molecule has 0 radical (unpaired) electrons. The predicted octanol–water partition coefficient (Wildman–Crippen LogP) is 0.886. The standard InChI is InChI=1S/C18H31NO6/c20-12-3-1-5-14-24-17(22)16(8-7-9-19-10-11-19)18(23)25-15-6-2-4-13-21/h7-8,16,20-21H,1-6,9-15H2/b8-7-. The van der Waals surface area contributed by atoms with Gasteiger partial charge >= 0.3 is 11.9 Å². The fourth-order valence-electron chi connectivity index (χ4n) is 2.16. The molecular formula is C18H31NO6. The van der Waals surface area contributed by atoms with Gasteiger partial charge in [-0.15, -0.1) is 0 Å². The summed E-state index contributed by atoms with van der Waals surface area (Å²) < 4.78 is 10.3. The molecule has 0 spiro atoms. The number of carbonyl (C=O) groups excluding carboxylic acids is 2. The molecule has 0 aliphatic carbocycles. The first-order chi connectivity index (χ1) is 12.2. The molecule has 1 fully saturated rings. The Labute approximate surface area is 149 Å². The molecular weight excluding hydrogens is 326 g/mol. The number of aliphatic hydroxyl groups is 2. The van der Waals surface area contributed by atoms with Crippen molar-refractivity contribution in [1.29, 1.82) is 0 Å². The van der Waals surface area contributed by atoms with Crippen molar-refractivity contribution in [3.63, 3.8) is 0 Å². The third kappa shape index (κ3) is 10.9. The minimum Gasteiger partial charge on any atom is -0.465 e. The molecule has 0 aromatic carbocycles. The van der Waals surface area contributed by atoms with E-state index in [0.717, 1.165) is 25.9 Å². The lowest BCUT2D eigenvalue weighted by molar-refractivity contribution is -0.159. The highest BCUT2D eigenvalue weighted by atomic mass is 16.6. The van der Waals surface area contributed by atoms with E-state index in [9.17, 15) is 9.59 Å². The molecule has 0 atom stereocenters. The molecule has 1 aliphatic heterocycles. The lowest BCUT2D eigenvalue weighted by atomic mass is 10.1. The van der Waals surface area contributed by atoms with Gasteiger partial charge < -0.3 is 19.7 Å². The second-order valence-corrected chi connectivity index (χ2v) is 6.11. The second-order valence-electron chi connectivity index (χ2n) is 6.11. The Hall–Kier alpha value is -1.44. The van der Waals surface area contributed by atoms with Gasteiger partial charge in [0.05, 0.1) is 13.2 Å². The summed E-state index contributed by atoms with van der Waals surface area (Å²) in [6, 6.07) is 0. The molecule has 7 heteroatoms. The highest BCUT2D eigenvalue weighted by molar-refractivity contribution is 5.97. The Bertz CT molecular complexity index is 382. The fraction of sp³-hybridized carbons (Fsp3) is 0.778. The summed E-state index contributed by atoms with van der Waals surface area (Å²) in [6.07, 6.45) is 7.57. The number of hydrogen-bond acceptors (Lipinski definition) is 7. The minimum atomic E-state index is -1.03. The van der Waals surface area contributed by atoms with Gasteiger partial charge in [-0.05, 0) is 38.5 Å². The SMILES string of the molecule is O=C(OCCCCCO)C(/C=C\CN1CC1)C(=O)OCCCCCO. The maximum Gasteiger partial charge on any atom is 0.324 e. The molecule has 0 amide bonds. The summed E-state index contributed by atoms with van der Waals surface area (Å²) in [5.41, 5.74) is 0. The zero-order valence-electron chi connectivity index (χ0n) is 14.9. The molecule has 144 valence electrons. The van der Waals surface area contributed by atoms with E-state index in [1.165, 1.54) is 0 Å². The quantitative estimate of drug-likeness (QED) is 0.148. The van der Waals surface area contributed by atoms with Gasteiger partial charge in [-0.3, -0.25) is 14.5 Å². The summed E-state index contributed by atoms with van der Waals surface area (Å²) in [7, 11) is 0. The van der Waals surface area contributed by atoms with Crippen molar-refractivity contribution in [2.45, 2.75) is 38.5 Å². The van der Waals surface area contributed by atoms with Crippen molar-refractivity contribution in [1.82, 2.24) is 4.90 Å². The van der Waals surface area contributed by atoms with E-state index in [2.05, 4.69) is 4.90 Å².